The van der Waals surface area contributed by atoms with Gasteiger partial charge in [0.2, 0.25) is 5.91 Å². The molecule has 5 rings (SSSR count). The number of fused-ring (bicyclic) bond motifs is 1. The Morgan fingerprint density at radius 3 is 2.42 bits per heavy atom. The summed E-state index contributed by atoms with van der Waals surface area (Å²) in [4.78, 5) is 26.4. The summed E-state index contributed by atoms with van der Waals surface area (Å²) in [5.74, 6) is -0.560. The fourth-order valence-corrected chi connectivity index (χ4v) is 4.58. The number of anilines is 2. The second-order valence-corrected chi connectivity index (χ2v) is 9.23. The standard InChI is InChI=1S/C30H26ClN5O2/c1-19(20-11-4-2-5-12-20)32-28-26(31)27(35-36-28)30(38)34-25-18-10-16-22(21-13-6-3-7-14-21)23-15-8-9-17-24(23)33-29(25)37/h2-9,11-17,25H,1,10,18H2,(H,33,37)(H,34,38)(H2,32,35,36)/b22-16-. The average Bonchev–Trinajstić information content (AvgIpc) is 3.33. The Hall–Kier alpha value is -4.62. The third-order valence-corrected chi connectivity index (χ3v) is 6.68. The van der Waals surface area contributed by atoms with Gasteiger partial charge < -0.3 is 16.0 Å². The van der Waals surface area contributed by atoms with Crippen molar-refractivity contribution in [2.45, 2.75) is 18.9 Å². The molecule has 1 unspecified atom stereocenters. The number of hydrogen-bond acceptors (Lipinski definition) is 4. The van der Waals surface area contributed by atoms with E-state index in [2.05, 4.69) is 38.8 Å². The maximum atomic E-state index is 13.3. The predicted octanol–water partition coefficient (Wildman–Crippen LogP) is 6.11. The Bertz CT molecular complexity index is 1510. The lowest BCUT2D eigenvalue weighted by molar-refractivity contribution is -0.118. The topological polar surface area (TPSA) is 98.9 Å². The number of amides is 2. The molecular weight excluding hydrogens is 498 g/mol. The van der Waals surface area contributed by atoms with Gasteiger partial charge in [0, 0.05) is 16.9 Å². The molecular formula is C30H26ClN5O2. The summed E-state index contributed by atoms with van der Waals surface area (Å²) < 4.78 is 0. The summed E-state index contributed by atoms with van der Waals surface area (Å²) in [6, 6.07) is 26.4. The number of carbonyl (C=O) groups excluding carboxylic acids is 2. The van der Waals surface area contributed by atoms with Crippen LogP contribution in [0.4, 0.5) is 11.5 Å². The lowest BCUT2D eigenvalue weighted by Crippen LogP contribution is -2.44. The number of rotatable bonds is 6. The zero-order valence-corrected chi connectivity index (χ0v) is 21.3. The van der Waals surface area contributed by atoms with Crippen LogP contribution in [0.1, 0.15) is 40.0 Å². The van der Waals surface area contributed by atoms with Gasteiger partial charge >= 0.3 is 0 Å². The monoisotopic (exact) mass is 523 g/mol. The van der Waals surface area contributed by atoms with Crippen LogP contribution in [0.3, 0.4) is 0 Å². The molecule has 3 aromatic carbocycles. The lowest BCUT2D eigenvalue weighted by atomic mass is 9.95. The van der Waals surface area contributed by atoms with Gasteiger partial charge in [0.25, 0.3) is 5.91 Å². The highest BCUT2D eigenvalue weighted by Crippen LogP contribution is 2.32. The molecule has 0 fully saturated rings. The van der Waals surface area contributed by atoms with Crippen molar-refractivity contribution in [3.63, 3.8) is 0 Å². The molecule has 4 N–H and O–H groups in total. The number of nitrogens with one attached hydrogen (secondary N) is 4. The first kappa shape index (κ1) is 25.0. The Kier molecular flexibility index (Phi) is 7.38. The number of carbonyl (C=O) groups is 2. The van der Waals surface area contributed by atoms with Crippen molar-refractivity contribution in [1.29, 1.82) is 0 Å². The molecule has 4 aromatic rings. The number of aromatic nitrogens is 2. The van der Waals surface area contributed by atoms with Gasteiger partial charge in [-0.05, 0) is 35.6 Å². The first-order valence-electron chi connectivity index (χ1n) is 12.2. The van der Waals surface area contributed by atoms with E-state index < -0.39 is 11.9 Å². The highest BCUT2D eigenvalue weighted by molar-refractivity contribution is 6.36. The summed E-state index contributed by atoms with van der Waals surface area (Å²) in [5, 5.41) is 15.8. The van der Waals surface area contributed by atoms with Gasteiger partial charge in [-0.3, -0.25) is 14.7 Å². The van der Waals surface area contributed by atoms with Crippen LogP contribution in [0, 0.1) is 0 Å². The fourth-order valence-electron chi connectivity index (χ4n) is 4.36. The number of H-pyrrole nitrogens is 1. The number of aromatic amines is 1. The molecule has 0 radical (unpaired) electrons. The van der Waals surface area contributed by atoms with Gasteiger partial charge in [0.1, 0.15) is 16.8 Å². The van der Waals surface area contributed by atoms with Crippen LogP contribution in [0.5, 0.6) is 0 Å². The smallest absolute Gasteiger partial charge is 0.271 e. The average molecular weight is 524 g/mol. The van der Waals surface area contributed by atoms with Crippen molar-refractivity contribution in [2.24, 2.45) is 0 Å². The molecule has 0 saturated carbocycles. The summed E-state index contributed by atoms with van der Waals surface area (Å²) in [6.07, 6.45) is 3.09. The van der Waals surface area contributed by atoms with Crippen molar-refractivity contribution in [1.82, 2.24) is 15.5 Å². The molecule has 1 aliphatic heterocycles. The quantitative estimate of drug-likeness (QED) is 0.245. The molecule has 1 aromatic heterocycles. The highest BCUT2D eigenvalue weighted by Gasteiger charge is 2.26. The van der Waals surface area contributed by atoms with Crippen LogP contribution in [0.25, 0.3) is 11.3 Å². The van der Waals surface area contributed by atoms with E-state index in [1.807, 2.05) is 84.9 Å². The molecule has 0 spiro atoms. The van der Waals surface area contributed by atoms with E-state index >= 15 is 0 Å². The van der Waals surface area contributed by atoms with Crippen molar-refractivity contribution in [3.05, 3.63) is 125 Å². The second-order valence-electron chi connectivity index (χ2n) is 8.85. The molecule has 2 amide bonds. The van der Waals surface area contributed by atoms with Crippen molar-refractivity contribution >= 4 is 46.2 Å². The summed E-state index contributed by atoms with van der Waals surface area (Å²) >= 11 is 6.47. The molecule has 0 saturated heterocycles. The first-order valence-corrected chi connectivity index (χ1v) is 12.6. The zero-order valence-electron chi connectivity index (χ0n) is 20.5. The Labute approximate surface area is 225 Å². The minimum Gasteiger partial charge on any atom is -0.339 e. The van der Waals surface area contributed by atoms with Gasteiger partial charge in [0.15, 0.2) is 5.82 Å². The maximum absolute atomic E-state index is 13.3. The molecule has 0 bridgehead atoms. The van der Waals surface area contributed by atoms with E-state index in [9.17, 15) is 9.59 Å². The van der Waals surface area contributed by atoms with Crippen LogP contribution in [-0.4, -0.2) is 28.1 Å². The normalized spacial score (nSPS) is 16.5. The van der Waals surface area contributed by atoms with E-state index in [0.717, 1.165) is 22.3 Å². The van der Waals surface area contributed by atoms with Gasteiger partial charge in [0.05, 0.1) is 0 Å². The van der Waals surface area contributed by atoms with Crippen molar-refractivity contribution in [2.75, 3.05) is 10.6 Å². The van der Waals surface area contributed by atoms with Crippen molar-refractivity contribution < 1.29 is 9.59 Å². The van der Waals surface area contributed by atoms with Crippen LogP contribution < -0.4 is 16.0 Å². The zero-order chi connectivity index (χ0) is 26.5. The third kappa shape index (κ3) is 5.38. The molecule has 8 heteroatoms. The largest absolute Gasteiger partial charge is 0.339 e. The second kappa shape index (κ2) is 11.2. The first-order chi connectivity index (χ1) is 18.5. The van der Waals surface area contributed by atoms with Crippen LogP contribution in [-0.2, 0) is 4.79 Å². The Morgan fingerprint density at radius 1 is 0.974 bits per heavy atom. The van der Waals surface area contributed by atoms with E-state index in [0.29, 0.717) is 24.2 Å². The minimum atomic E-state index is -0.781. The molecule has 1 aliphatic rings. The summed E-state index contributed by atoms with van der Waals surface area (Å²) in [5.41, 5.74) is 5.19. The molecule has 7 nitrogen and oxygen atoms in total. The van der Waals surface area contributed by atoms with Crippen LogP contribution in [0.15, 0.2) is 97.6 Å². The number of para-hydroxylation sites is 1. The van der Waals surface area contributed by atoms with Crippen LogP contribution >= 0.6 is 11.6 Å². The molecule has 190 valence electrons. The van der Waals surface area contributed by atoms with E-state index in [4.69, 9.17) is 11.6 Å². The van der Waals surface area contributed by atoms with Gasteiger partial charge in [-0.2, -0.15) is 5.10 Å². The molecule has 38 heavy (non-hydrogen) atoms. The van der Waals surface area contributed by atoms with E-state index in [1.165, 1.54) is 0 Å². The summed E-state index contributed by atoms with van der Waals surface area (Å²) in [7, 11) is 0. The number of allylic oxidation sites excluding steroid dienone is 1. The van der Waals surface area contributed by atoms with Gasteiger partial charge in [-0.1, -0.05) is 103 Å². The van der Waals surface area contributed by atoms with Crippen molar-refractivity contribution in [3.8, 4) is 0 Å². The van der Waals surface area contributed by atoms with Crippen LogP contribution in [0.2, 0.25) is 5.02 Å². The third-order valence-electron chi connectivity index (χ3n) is 6.31. The van der Waals surface area contributed by atoms with Gasteiger partial charge in [-0.15, -0.1) is 0 Å². The summed E-state index contributed by atoms with van der Waals surface area (Å²) in [6.45, 7) is 4.01. The SMILES string of the molecule is C=C(Nc1n[nH]c(C(=O)NC2CC/C=C(/c3ccccc3)c3ccccc3NC2=O)c1Cl)c1ccccc1. The Balaban J connectivity index is 1.34. The maximum Gasteiger partial charge on any atom is 0.271 e. The number of nitrogens with zero attached hydrogens (tertiary/aromatic N) is 1. The molecule has 2 heterocycles. The predicted molar refractivity (Wildman–Crippen MR) is 152 cm³/mol. The molecule has 0 aliphatic carbocycles. The minimum absolute atomic E-state index is 0.0589. The highest BCUT2D eigenvalue weighted by atomic mass is 35.5. The molecule has 1 atom stereocenters. The van der Waals surface area contributed by atoms with Gasteiger partial charge in [-0.25, -0.2) is 0 Å². The van der Waals surface area contributed by atoms with E-state index in [-0.39, 0.29) is 22.4 Å². The number of halogens is 1. The Morgan fingerprint density at radius 2 is 1.66 bits per heavy atom. The number of hydrogen-bond donors (Lipinski definition) is 4. The number of benzene rings is 3. The lowest BCUT2D eigenvalue weighted by Gasteiger charge is -2.18. The van der Waals surface area contributed by atoms with E-state index in [1.54, 1.807) is 0 Å². The fraction of sp³-hybridized carbons (Fsp3) is 0.100.